The summed E-state index contributed by atoms with van der Waals surface area (Å²) in [5, 5.41) is 15.6. The molecule has 15 heavy (non-hydrogen) atoms. The molecule has 0 bridgehead atoms. The zero-order chi connectivity index (χ0) is 11.5. The zero-order valence-corrected chi connectivity index (χ0v) is 9.16. The number of hydrogen-bond acceptors (Lipinski definition) is 2. The molecule has 82 valence electrons. The Morgan fingerprint density at radius 2 is 2.27 bits per heavy atom. The quantitative estimate of drug-likeness (QED) is 0.739. The van der Waals surface area contributed by atoms with Gasteiger partial charge in [-0.3, -0.25) is 9.35 Å². The largest absolute Gasteiger partial charge is 0.478 e. The van der Waals surface area contributed by atoms with Crippen LogP contribution in [0, 0.1) is 0 Å². The van der Waals surface area contributed by atoms with E-state index in [9.17, 15) is 9.00 Å². The molecule has 0 heterocycles. The SMILES string of the molecule is CS(N)(=O)=CCc1cccc(C(=O)O)c1. The second-order valence-corrected chi connectivity index (χ2v) is 5.61. The van der Waals surface area contributed by atoms with Crippen LogP contribution < -0.4 is 5.14 Å². The molecule has 1 aromatic rings. The lowest BCUT2D eigenvalue weighted by Crippen LogP contribution is -2.13. The summed E-state index contributed by atoms with van der Waals surface area (Å²) >= 11 is 0. The van der Waals surface area contributed by atoms with Crippen LogP contribution in [0.25, 0.3) is 0 Å². The van der Waals surface area contributed by atoms with E-state index in [1.54, 1.807) is 18.2 Å². The highest BCUT2D eigenvalue weighted by Crippen LogP contribution is 2.05. The summed E-state index contributed by atoms with van der Waals surface area (Å²) in [5.74, 6) is -0.971. The lowest BCUT2D eigenvalue weighted by Gasteiger charge is -2.00. The molecule has 0 amide bonds. The summed E-state index contributed by atoms with van der Waals surface area (Å²) in [6, 6.07) is 6.48. The van der Waals surface area contributed by atoms with Crippen LogP contribution in [-0.2, 0) is 16.1 Å². The van der Waals surface area contributed by atoms with Crippen molar-refractivity contribution in [2.75, 3.05) is 6.26 Å². The van der Waals surface area contributed by atoms with Crippen molar-refractivity contribution in [1.29, 1.82) is 0 Å². The first kappa shape index (κ1) is 11.7. The zero-order valence-electron chi connectivity index (χ0n) is 8.34. The van der Waals surface area contributed by atoms with Crippen LogP contribution >= 0.6 is 0 Å². The molecular formula is C10H13NO3S. The standard InChI is InChI=1S/C10H13NO3S/c1-15(11,14)6-5-8-3-2-4-9(7-8)10(12)13/h2-4,6-7H,5H2,1H3,(H2,11,14)(H,12,13). The van der Waals surface area contributed by atoms with Crippen LogP contribution in [0.3, 0.4) is 0 Å². The van der Waals surface area contributed by atoms with Crippen molar-refractivity contribution in [1.82, 2.24) is 0 Å². The summed E-state index contributed by atoms with van der Waals surface area (Å²) < 4.78 is 11.2. The Balaban J connectivity index is 2.93. The van der Waals surface area contributed by atoms with Crippen molar-refractivity contribution in [3.63, 3.8) is 0 Å². The van der Waals surface area contributed by atoms with Gasteiger partial charge >= 0.3 is 5.97 Å². The van der Waals surface area contributed by atoms with Gasteiger partial charge in [0.15, 0.2) is 0 Å². The van der Waals surface area contributed by atoms with Crippen LogP contribution in [-0.4, -0.2) is 26.9 Å². The average Bonchev–Trinajstić information content (AvgIpc) is 2.14. The summed E-state index contributed by atoms with van der Waals surface area (Å²) in [5.41, 5.74) is 1.01. The van der Waals surface area contributed by atoms with Gasteiger partial charge in [-0.25, -0.2) is 4.79 Å². The minimum absolute atomic E-state index is 0.223. The molecule has 0 aliphatic heterocycles. The lowest BCUT2D eigenvalue weighted by atomic mass is 10.1. The highest BCUT2D eigenvalue weighted by atomic mass is 32.2. The summed E-state index contributed by atoms with van der Waals surface area (Å²) in [6.07, 6.45) is 1.85. The van der Waals surface area contributed by atoms with Crippen LogP contribution in [0.1, 0.15) is 15.9 Å². The Kier molecular flexibility index (Phi) is 3.49. The van der Waals surface area contributed by atoms with Gasteiger partial charge in [0.25, 0.3) is 0 Å². The molecule has 3 N–H and O–H groups in total. The van der Waals surface area contributed by atoms with E-state index in [4.69, 9.17) is 10.2 Å². The van der Waals surface area contributed by atoms with Crippen molar-refractivity contribution in [2.24, 2.45) is 5.14 Å². The van der Waals surface area contributed by atoms with Gasteiger partial charge in [-0.05, 0) is 29.5 Å². The van der Waals surface area contributed by atoms with Gasteiger partial charge in [0, 0.05) is 16.0 Å². The van der Waals surface area contributed by atoms with Crippen LogP contribution in [0.2, 0.25) is 0 Å². The van der Waals surface area contributed by atoms with Crippen LogP contribution in [0.4, 0.5) is 0 Å². The molecule has 1 unspecified atom stereocenters. The fourth-order valence-electron chi connectivity index (χ4n) is 1.09. The Morgan fingerprint density at radius 1 is 1.60 bits per heavy atom. The molecule has 0 saturated heterocycles. The molecule has 0 aromatic heterocycles. The van der Waals surface area contributed by atoms with E-state index in [1.807, 2.05) is 0 Å². The molecule has 4 nitrogen and oxygen atoms in total. The van der Waals surface area contributed by atoms with E-state index in [0.717, 1.165) is 5.56 Å². The third-order valence-corrected chi connectivity index (χ3v) is 2.65. The molecule has 1 aromatic carbocycles. The Hall–Kier alpha value is -1.33. The summed E-state index contributed by atoms with van der Waals surface area (Å²) in [7, 11) is -2.38. The van der Waals surface area contributed by atoms with Crippen LogP contribution in [0.15, 0.2) is 24.3 Å². The molecule has 0 saturated carbocycles. The number of aromatic carboxylic acids is 1. The minimum atomic E-state index is -2.38. The predicted octanol–water partition coefficient (Wildman–Crippen LogP) is 0.517. The number of hydrogen-bond donors (Lipinski definition) is 2. The summed E-state index contributed by atoms with van der Waals surface area (Å²) in [4.78, 5) is 10.7. The van der Waals surface area contributed by atoms with Gasteiger partial charge in [0.05, 0.1) is 5.56 Å². The number of benzene rings is 1. The normalized spacial score (nSPS) is 14.3. The highest BCUT2D eigenvalue weighted by Gasteiger charge is 2.02. The molecule has 1 atom stereocenters. The van der Waals surface area contributed by atoms with Crippen molar-refractivity contribution >= 4 is 21.0 Å². The molecule has 0 radical (unpaired) electrons. The van der Waals surface area contributed by atoms with E-state index in [2.05, 4.69) is 0 Å². The van der Waals surface area contributed by atoms with Gasteiger partial charge in [-0.1, -0.05) is 12.1 Å². The van der Waals surface area contributed by atoms with Gasteiger partial charge in [-0.2, -0.15) is 0 Å². The van der Waals surface area contributed by atoms with E-state index < -0.39 is 15.7 Å². The lowest BCUT2D eigenvalue weighted by molar-refractivity contribution is 0.0697. The topological polar surface area (TPSA) is 80.4 Å². The van der Waals surface area contributed by atoms with Gasteiger partial charge in [-0.15, -0.1) is 0 Å². The summed E-state index contributed by atoms with van der Waals surface area (Å²) in [6.45, 7) is 0. The maximum atomic E-state index is 11.2. The van der Waals surface area contributed by atoms with Gasteiger partial charge in [0.1, 0.15) is 0 Å². The minimum Gasteiger partial charge on any atom is -0.478 e. The second-order valence-electron chi connectivity index (χ2n) is 3.34. The number of nitrogens with two attached hydrogens (primary N) is 1. The molecule has 5 heteroatoms. The molecule has 0 aliphatic carbocycles. The van der Waals surface area contributed by atoms with Crippen LogP contribution in [0.5, 0.6) is 0 Å². The van der Waals surface area contributed by atoms with Gasteiger partial charge < -0.3 is 5.11 Å². The molecule has 0 fully saturated rings. The molecule has 0 spiro atoms. The maximum absolute atomic E-state index is 11.2. The first-order valence-electron chi connectivity index (χ1n) is 4.31. The first-order valence-corrected chi connectivity index (χ1v) is 6.40. The second kappa shape index (κ2) is 4.46. The maximum Gasteiger partial charge on any atom is 0.335 e. The molecule has 1 rings (SSSR count). The number of carboxylic acid groups (broad SMARTS) is 1. The van der Waals surface area contributed by atoms with Crippen molar-refractivity contribution in [3.05, 3.63) is 35.4 Å². The van der Waals surface area contributed by atoms with Crippen molar-refractivity contribution in [2.45, 2.75) is 6.42 Å². The molecular weight excluding hydrogens is 214 g/mol. The number of rotatable bonds is 3. The number of carboxylic acids is 1. The first-order chi connectivity index (χ1) is 6.88. The van der Waals surface area contributed by atoms with E-state index in [1.165, 1.54) is 17.7 Å². The third-order valence-electron chi connectivity index (χ3n) is 1.82. The third kappa shape index (κ3) is 4.14. The Labute approximate surface area is 88.9 Å². The Bertz CT molecular complexity index is 479. The fraction of sp³-hybridized carbons (Fsp3) is 0.200. The van der Waals surface area contributed by atoms with Crippen molar-refractivity contribution < 1.29 is 14.1 Å². The van der Waals surface area contributed by atoms with E-state index in [0.29, 0.717) is 6.42 Å². The van der Waals surface area contributed by atoms with Crippen molar-refractivity contribution in [3.8, 4) is 0 Å². The van der Waals surface area contributed by atoms with E-state index in [-0.39, 0.29) is 5.56 Å². The Morgan fingerprint density at radius 3 is 2.80 bits per heavy atom. The monoisotopic (exact) mass is 227 g/mol. The smallest absolute Gasteiger partial charge is 0.335 e. The van der Waals surface area contributed by atoms with E-state index >= 15 is 0 Å². The fourth-order valence-corrected chi connectivity index (χ4v) is 1.62. The predicted molar refractivity (Wildman–Crippen MR) is 61.4 cm³/mol. The average molecular weight is 227 g/mol. The van der Waals surface area contributed by atoms with Gasteiger partial charge in [0.2, 0.25) is 0 Å². The number of carbonyl (C=O) groups is 1. The highest BCUT2D eigenvalue weighted by molar-refractivity contribution is 7.98. The molecule has 0 aliphatic rings.